The Hall–Kier alpha value is -1.84. The second-order valence-electron chi connectivity index (χ2n) is 5.51. The molecule has 1 fully saturated rings. The van der Waals surface area contributed by atoms with Gasteiger partial charge >= 0.3 is 0 Å². The first-order valence-corrected chi connectivity index (χ1v) is 6.26. The molecule has 4 nitrogen and oxygen atoms in total. The van der Waals surface area contributed by atoms with E-state index in [0.29, 0.717) is 23.8 Å². The zero-order valence-corrected chi connectivity index (χ0v) is 10.7. The van der Waals surface area contributed by atoms with Gasteiger partial charge in [-0.1, -0.05) is 37.2 Å². The molecule has 1 unspecified atom stereocenters. The lowest BCUT2D eigenvalue weighted by Gasteiger charge is -2.01. The standard InChI is InChI=1S/C14H17N3O/c1-14(2)8-11(14)13-16-12(18-17-13)9-15-10-6-4-3-5-7-10/h3-7,11,15H,8-9H2,1-2H3. The molecule has 1 N–H and O–H groups in total. The molecule has 0 saturated heterocycles. The highest BCUT2D eigenvalue weighted by Gasteiger charge is 2.49. The van der Waals surface area contributed by atoms with E-state index in [-0.39, 0.29) is 0 Å². The second kappa shape index (κ2) is 4.12. The lowest BCUT2D eigenvalue weighted by Crippen LogP contribution is -1.99. The van der Waals surface area contributed by atoms with E-state index >= 15 is 0 Å². The predicted molar refractivity (Wildman–Crippen MR) is 69.2 cm³/mol. The van der Waals surface area contributed by atoms with Crippen LogP contribution in [-0.4, -0.2) is 10.1 Å². The molecule has 1 heterocycles. The average Bonchev–Trinajstić information content (AvgIpc) is 2.81. The molecule has 2 aromatic rings. The topological polar surface area (TPSA) is 51.0 Å². The Kier molecular flexibility index (Phi) is 2.58. The highest BCUT2D eigenvalue weighted by molar-refractivity contribution is 5.42. The molecular weight excluding hydrogens is 226 g/mol. The predicted octanol–water partition coefficient (Wildman–Crippen LogP) is 3.20. The number of hydrogen-bond donors (Lipinski definition) is 1. The minimum Gasteiger partial charge on any atom is -0.376 e. The zero-order valence-electron chi connectivity index (χ0n) is 10.7. The molecule has 1 aromatic heterocycles. The third-order valence-corrected chi connectivity index (χ3v) is 3.53. The van der Waals surface area contributed by atoms with Gasteiger partial charge in [0.15, 0.2) is 5.82 Å². The summed E-state index contributed by atoms with van der Waals surface area (Å²) in [6.45, 7) is 5.04. The van der Waals surface area contributed by atoms with Crippen LogP contribution in [0.25, 0.3) is 0 Å². The van der Waals surface area contributed by atoms with Crippen molar-refractivity contribution in [1.82, 2.24) is 10.1 Å². The van der Waals surface area contributed by atoms with Crippen LogP contribution in [0, 0.1) is 5.41 Å². The first-order chi connectivity index (χ1) is 8.65. The second-order valence-corrected chi connectivity index (χ2v) is 5.51. The molecule has 3 rings (SSSR count). The SMILES string of the molecule is CC1(C)CC1c1noc(CNc2ccccc2)n1. The number of hydrogen-bond acceptors (Lipinski definition) is 4. The molecule has 0 spiro atoms. The molecule has 0 amide bonds. The van der Waals surface area contributed by atoms with Crippen molar-refractivity contribution in [3.05, 3.63) is 42.0 Å². The molecule has 1 aromatic carbocycles. The average molecular weight is 243 g/mol. The molecule has 0 aliphatic heterocycles. The van der Waals surface area contributed by atoms with Gasteiger partial charge in [0.25, 0.3) is 0 Å². The molecule has 4 heteroatoms. The Labute approximate surface area is 106 Å². The monoisotopic (exact) mass is 243 g/mol. The minimum atomic E-state index is 0.341. The summed E-state index contributed by atoms with van der Waals surface area (Å²) in [7, 11) is 0. The third-order valence-electron chi connectivity index (χ3n) is 3.53. The Morgan fingerprint density at radius 2 is 2.06 bits per heavy atom. The van der Waals surface area contributed by atoms with Gasteiger partial charge in [0.05, 0.1) is 6.54 Å². The van der Waals surface area contributed by atoms with Gasteiger partial charge < -0.3 is 9.84 Å². The maximum atomic E-state index is 5.26. The fourth-order valence-corrected chi connectivity index (χ4v) is 2.12. The van der Waals surface area contributed by atoms with Crippen molar-refractivity contribution in [2.75, 3.05) is 5.32 Å². The molecule has 1 aliphatic carbocycles. The van der Waals surface area contributed by atoms with Crippen molar-refractivity contribution in [2.24, 2.45) is 5.41 Å². The van der Waals surface area contributed by atoms with Crippen LogP contribution in [0.4, 0.5) is 5.69 Å². The minimum absolute atomic E-state index is 0.341. The third kappa shape index (κ3) is 2.23. The summed E-state index contributed by atoms with van der Waals surface area (Å²) in [5.41, 5.74) is 1.40. The van der Waals surface area contributed by atoms with Gasteiger partial charge in [-0.2, -0.15) is 4.98 Å². The van der Waals surface area contributed by atoms with E-state index in [1.54, 1.807) is 0 Å². The first-order valence-electron chi connectivity index (χ1n) is 6.26. The molecule has 94 valence electrons. The van der Waals surface area contributed by atoms with Gasteiger partial charge in [-0.3, -0.25) is 0 Å². The van der Waals surface area contributed by atoms with Crippen LogP contribution < -0.4 is 5.32 Å². The van der Waals surface area contributed by atoms with E-state index in [2.05, 4.69) is 29.3 Å². The van der Waals surface area contributed by atoms with E-state index in [1.165, 1.54) is 0 Å². The Morgan fingerprint density at radius 3 is 2.72 bits per heavy atom. The van der Waals surface area contributed by atoms with Gasteiger partial charge in [0.1, 0.15) is 0 Å². The van der Waals surface area contributed by atoms with Crippen molar-refractivity contribution >= 4 is 5.69 Å². The van der Waals surface area contributed by atoms with Gasteiger partial charge in [0.2, 0.25) is 5.89 Å². The van der Waals surface area contributed by atoms with Crippen molar-refractivity contribution in [3.63, 3.8) is 0 Å². The van der Waals surface area contributed by atoms with Crippen LogP contribution >= 0.6 is 0 Å². The Balaban J connectivity index is 1.61. The van der Waals surface area contributed by atoms with Gasteiger partial charge in [-0.15, -0.1) is 0 Å². The number of nitrogens with one attached hydrogen (secondary N) is 1. The maximum absolute atomic E-state index is 5.26. The number of anilines is 1. The highest BCUT2D eigenvalue weighted by Crippen LogP contribution is 2.57. The van der Waals surface area contributed by atoms with Crippen molar-refractivity contribution in [1.29, 1.82) is 0 Å². The smallest absolute Gasteiger partial charge is 0.245 e. The molecule has 1 aliphatic rings. The molecule has 1 saturated carbocycles. The van der Waals surface area contributed by atoms with Crippen LogP contribution in [0.3, 0.4) is 0 Å². The van der Waals surface area contributed by atoms with Gasteiger partial charge in [-0.25, -0.2) is 0 Å². The Morgan fingerprint density at radius 1 is 1.33 bits per heavy atom. The number of benzene rings is 1. The molecule has 1 atom stereocenters. The summed E-state index contributed by atoms with van der Waals surface area (Å²) in [6.07, 6.45) is 1.15. The molecule has 18 heavy (non-hydrogen) atoms. The van der Waals surface area contributed by atoms with Crippen LogP contribution in [-0.2, 0) is 6.54 Å². The van der Waals surface area contributed by atoms with Crippen LogP contribution in [0.1, 0.15) is 37.9 Å². The fourth-order valence-electron chi connectivity index (χ4n) is 2.12. The van der Waals surface area contributed by atoms with E-state index < -0.39 is 0 Å². The highest BCUT2D eigenvalue weighted by atomic mass is 16.5. The van der Waals surface area contributed by atoms with Crippen LogP contribution in [0.2, 0.25) is 0 Å². The summed E-state index contributed by atoms with van der Waals surface area (Å²) in [5, 5.41) is 7.32. The van der Waals surface area contributed by atoms with Crippen molar-refractivity contribution in [3.8, 4) is 0 Å². The van der Waals surface area contributed by atoms with Crippen LogP contribution in [0.5, 0.6) is 0 Å². The number of rotatable bonds is 4. The fraction of sp³-hybridized carbons (Fsp3) is 0.429. The molecular formula is C14H17N3O. The summed E-state index contributed by atoms with van der Waals surface area (Å²) < 4.78 is 5.26. The van der Waals surface area contributed by atoms with Gasteiger partial charge in [0, 0.05) is 11.6 Å². The first kappa shape index (κ1) is 11.3. The maximum Gasteiger partial charge on any atom is 0.245 e. The Bertz CT molecular complexity index is 533. The largest absolute Gasteiger partial charge is 0.376 e. The lowest BCUT2D eigenvalue weighted by molar-refractivity contribution is 0.376. The molecule has 0 bridgehead atoms. The van der Waals surface area contributed by atoms with E-state index in [0.717, 1.165) is 17.9 Å². The number of aromatic nitrogens is 2. The van der Waals surface area contributed by atoms with Gasteiger partial charge in [-0.05, 0) is 24.0 Å². The summed E-state index contributed by atoms with van der Waals surface area (Å²) >= 11 is 0. The van der Waals surface area contributed by atoms with Crippen molar-refractivity contribution in [2.45, 2.75) is 32.7 Å². The molecule has 0 radical (unpaired) electrons. The number of nitrogens with zero attached hydrogens (tertiary/aromatic N) is 2. The summed E-state index contributed by atoms with van der Waals surface area (Å²) in [4.78, 5) is 4.44. The van der Waals surface area contributed by atoms with E-state index in [9.17, 15) is 0 Å². The summed E-state index contributed by atoms with van der Waals surface area (Å²) in [6, 6.07) is 10.0. The number of para-hydroxylation sites is 1. The summed E-state index contributed by atoms with van der Waals surface area (Å²) in [5.74, 6) is 1.97. The van der Waals surface area contributed by atoms with Crippen LogP contribution in [0.15, 0.2) is 34.9 Å². The normalized spacial score (nSPS) is 20.7. The van der Waals surface area contributed by atoms with E-state index in [1.807, 2.05) is 30.3 Å². The quantitative estimate of drug-likeness (QED) is 0.896. The zero-order chi connectivity index (χ0) is 12.6. The van der Waals surface area contributed by atoms with E-state index in [4.69, 9.17) is 4.52 Å². The lowest BCUT2D eigenvalue weighted by atomic mass is 10.1. The van der Waals surface area contributed by atoms with Crippen molar-refractivity contribution < 1.29 is 4.52 Å².